The van der Waals surface area contributed by atoms with E-state index in [0.717, 1.165) is 31.7 Å². The van der Waals surface area contributed by atoms with Gasteiger partial charge in [0.25, 0.3) is 5.91 Å². The molecular weight excluding hydrogens is 278 g/mol. The van der Waals surface area contributed by atoms with Crippen LogP contribution in [0.2, 0.25) is 0 Å². The van der Waals surface area contributed by atoms with Gasteiger partial charge in [0.15, 0.2) is 5.69 Å². The number of carbonyl (C=O) groups is 1. The van der Waals surface area contributed by atoms with E-state index in [0.29, 0.717) is 11.7 Å². The summed E-state index contributed by atoms with van der Waals surface area (Å²) >= 11 is 0. The van der Waals surface area contributed by atoms with Crippen LogP contribution in [0.4, 0.5) is 0 Å². The van der Waals surface area contributed by atoms with Crippen molar-refractivity contribution < 1.29 is 9.32 Å². The molecule has 22 heavy (non-hydrogen) atoms. The summed E-state index contributed by atoms with van der Waals surface area (Å²) < 4.78 is 5.27. The molecule has 0 aliphatic carbocycles. The van der Waals surface area contributed by atoms with E-state index in [-0.39, 0.29) is 11.8 Å². The summed E-state index contributed by atoms with van der Waals surface area (Å²) in [6, 6.07) is 2.46. The minimum Gasteiger partial charge on any atom is -0.360 e. The van der Waals surface area contributed by atoms with Crippen LogP contribution in [-0.4, -0.2) is 53.1 Å². The Balaban J connectivity index is 1.60. The first-order valence-electron chi connectivity index (χ1n) is 8.65. The van der Waals surface area contributed by atoms with Crippen LogP contribution in [0, 0.1) is 0 Å². The summed E-state index contributed by atoms with van der Waals surface area (Å²) in [5, 5.41) is 3.96. The fourth-order valence-electron chi connectivity index (χ4n) is 3.58. The molecule has 1 amide bonds. The Bertz CT molecular complexity index is 506. The number of nitrogens with zero attached hydrogens (tertiary/aromatic N) is 3. The largest absolute Gasteiger partial charge is 0.360 e. The molecule has 0 N–H and O–H groups in total. The maximum absolute atomic E-state index is 12.6. The van der Waals surface area contributed by atoms with Crippen molar-refractivity contribution in [2.45, 2.75) is 57.9 Å². The number of aromatic nitrogens is 1. The highest BCUT2D eigenvalue weighted by Crippen LogP contribution is 2.22. The second-order valence-corrected chi connectivity index (χ2v) is 6.89. The van der Waals surface area contributed by atoms with Gasteiger partial charge in [0.1, 0.15) is 5.76 Å². The van der Waals surface area contributed by atoms with Crippen molar-refractivity contribution in [2.24, 2.45) is 0 Å². The Morgan fingerprint density at radius 2 is 1.95 bits per heavy atom. The highest BCUT2D eigenvalue weighted by Gasteiger charge is 2.28. The van der Waals surface area contributed by atoms with Gasteiger partial charge < -0.3 is 14.3 Å². The van der Waals surface area contributed by atoms with Gasteiger partial charge in [0.2, 0.25) is 0 Å². The average Bonchev–Trinajstić information content (AvgIpc) is 3.14. The van der Waals surface area contributed by atoms with Crippen molar-refractivity contribution in [3.63, 3.8) is 0 Å². The van der Waals surface area contributed by atoms with Crippen LogP contribution in [0.15, 0.2) is 10.6 Å². The second-order valence-electron chi connectivity index (χ2n) is 6.89. The molecule has 0 bridgehead atoms. The van der Waals surface area contributed by atoms with E-state index < -0.39 is 0 Å². The van der Waals surface area contributed by atoms with E-state index in [9.17, 15) is 4.79 Å². The summed E-state index contributed by atoms with van der Waals surface area (Å²) in [7, 11) is 0. The van der Waals surface area contributed by atoms with Crippen molar-refractivity contribution in [3.05, 3.63) is 17.5 Å². The maximum atomic E-state index is 12.6. The van der Waals surface area contributed by atoms with Crippen LogP contribution >= 0.6 is 0 Å². The molecule has 2 aliphatic heterocycles. The second kappa shape index (κ2) is 6.82. The van der Waals surface area contributed by atoms with E-state index in [1.54, 1.807) is 6.07 Å². The third-order valence-electron chi connectivity index (χ3n) is 4.96. The molecular formula is C17H27N3O2. The highest BCUT2D eigenvalue weighted by molar-refractivity contribution is 5.92. The minimum atomic E-state index is 0.0257. The third-order valence-corrected chi connectivity index (χ3v) is 4.96. The summed E-state index contributed by atoms with van der Waals surface area (Å²) in [5.74, 6) is 1.07. The van der Waals surface area contributed by atoms with Crippen LogP contribution in [0.25, 0.3) is 0 Å². The number of likely N-dealkylation sites (tertiary alicyclic amines) is 2. The molecule has 1 aromatic heterocycles. The van der Waals surface area contributed by atoms with Gasteiger partial charge in [-0.15, -0.1) is 0 Å². The van der Waals surface area contributed by atoms with Gasteiger partial charge in [-0.25, -0.2) is 0 Å². The molecule has 3 heterocycles. The van der Waals surface area contributed by atoms with Crippen LogP contribution in [0.3, 0.4) is 0 Å². The SMILES string of the molecule is CC(C)c1cc(C(=O)N2CCCC(N3CCCC3)CC2)no1. The van der Waals surface area contributed by atoms with Gasteiger partial charge in [0.05, 0.1) is 0 Å². The predicted octanol–water partition coefficient (Wildman–Crippen LogP) is 2.89. The topological polar surface area (TPSA) is 49.6 Å². The van der Waals surface area contributed by atoms with E-state index in [1.807, 2.05) is 18.7 Å². The summed E-state index contributed by atoms with van der Waals surface area (Å²) in [6.07, 6.45) is 6.04. The zero-order valence-electron chi connectivity index (χ0n) is 13.8. The lowest BCUT2D eigenvalue weighted by atomic mass is 10.1. The first kappa shape index (κ1) is 15.5. The van der Waals surface area contributed by atoms with Gasteiger partial charge in [-0.05, 0) is 45.2 Å². The number of hydrogen-bond donors (Lipinski definition) is 0. The van der Waals surface area contributed by atoms with Gasteiger partial charge >= 0.3 is 0 Å². The standard InChI is InChI=1S/C17H27N3O2/c1-13(2)16-12-15(18-22-16)17(21)20-10-5-6-14(7-11-20)19-8-3-4-9-19/h12-14H,3-11H2,1-2H3. The van der Waals surface area contributed by atoms with Gasteiger partial charge in [-0.2, -0.15) is 0 Å². The zero-order chi connectivity index (χ0) is 15.5. The molecule has 1 aromatic rings. The Morgan fingerprint density at radius 1 is 1.18 bits per heavy atom. The lowest BCUT2D eigenvalue weighted by Gasteiger charge is -2.26. The Morgan fingerprint density at radius 3 is 2.64 bits per heavy atom. The van der Waals surface area contributed by atoms with Gasteiger partial charge in [0, 0.05) is 31.1 Å². The molecule has 1 atom stereocenters. The number of hydrogen-bond acceptors (Lipinski definition) is 4. The van der Waals surface area contributed by atoms with Crippen LogP contribution in [0.5, 0.6) is 0 Å². The zero-order valence-corrected chi connectivity index (χ0v) is 13.8. The summed E-state index contributed by atoms with van der Waals surface area (Å²) in [4.78, 5) is 17.2. The molecule has 0 aromatic carbocycles. The normalized spacial score (nSPS) is 24.0. The van der Waals surface area contributed by atoms with E-state index in [4.69, 9.17) is 4.52 Å². The first-order chi connectivity index (χ1) is 10.6. The third kappa shape index (κ3) is 3.35. The van der Waals surface area contributed by atoms with Crippen LogP contribution < -0.4 is 0 Å². The van der Waals surface area contributed by atoms with Crippen molar-refractivity contribution in [1.82, 2.24) is 15.0 Å². The predicted molar refractivity (Wildman–Crippen MR) is 84.9 cm³/mol. The summed E-state index contributed by atoms with van der Waals surface area (Å²) in [5.41, 5.74) is 0.461. The van der Waals surface area contributed by atoms with Gasteiger partial charge in [-0.1, -0.05) is 19.0 Å². The molecule has 0 radical (unpaired) electrons. The minimum absolute atomic E-state index is 0.0257. The van der Waals surface area contributed by atoms with E-state index in [2.05, 4.69) is 10.1 Å². The molecule has 2 saturated heterocycles. The van der Waals surface area contributed by atoms with E-state index >= 15 is 0 Å². The summed E-state index contributed by atoms with van der Waals surface area (Å²) in [6.45, 7) is 8.24. The molecule has 2 aliphatic rings. The lowest BCUT2D eigenvalue weighted by molar-refractivity contribution is 0.0747. The quantitative estimate of drug-likeness (QED) is 0.861. The highest BCUT2D eigenvalue weighted by atomic mass is 16.5. The molecule has 3 rings (SSSR count). The Labute approximate surface area is 132 Å². The average molecular weight is 305 g/mol. The van der Waals surface area contributed by atoms with Crippen LogP contribution in [0.1, 0.15) is 68.1 Å². The molecule has 0 saturated carbocycles. The van der Waals surface area contributed by atoms with Crippen molar-refractivity contribution >= 4 is 5.91 Å². The molecule has 122 valence electrons. The number of rotatable bonds is 3. The number of amides is 1. The van der Waals surface area contributed by atoms with Crippen molar-refractivity contribution in [1.29, 1.82) is 0 Å². The molecule has 1 unspecified atom stereocenters. The Hall–Kier alpha value is -1.36. The van der Waals surface area contributed by atoms with Crippen LogP contribution in [-0.2, 0) is 0 Å². The van der Waals surface area contributed by atoms with E-state index in [1.165, 1.54) is 32.4 Å². The number of carbonyl (C=O) groups excluding carboxylic acids is 1. The van der Waals surface area contributed by atoms with Gasteiger partial charge in [-0.3, -0.25) is 4.79 Å². The van der Waals surface area contributed by atoms with Crippen molar-refractivity contribution in [3.8, 4) is 0 Å². The fourth-order valence-corrected chi connectivity index (χ4v) is 3.58. The Kier molecular flexibility index (Phi) is 4.81. The molecule has 0 spiro atoms. The smallest absolute Gasteiger partial charge is 0.276 e. The molecule has 5 nitrogen and oxygen atoms in total. The van der Waals surface area contributed by atoms with Crippen molar-refractivity contribution in [2.75, 3.05) is 26.2 Å². The first-order valence-corrected chi connectivity index (χ1v) is 8.65. The fraction of sp³-hybridized carbons (Fsp3) is 0.765. The maximum Gasteiger partial charge on any atom is 0.276 e. The lowest BCUT2D eigenvalue weighted by Crippen LogP contribution is -2.35. The monoisotopic (exact) mass is 305 g/mol. The molecule has 5 heteroatoms. The molecule has 2 fully saturated rings.